The topological polar surface area (TPSA) is 37.4 Å². The van der Waals surface area contributed by atoms with Crippen LogP contribution in [0.25, 0.3) is 0 Å². The Labute approximate surface area is 130 Å². The lowest BCUT2D eigenvalue weighted by molar-refractivity contribution is -0.0435. The summed E-state index contributed by atoms with van der Waals surface area (Å²) in [5.74, 6) is 0.223. The maximum atomic E-state index is 12.8. The third kappa shape index (κ3) is 3.21. The van der Waals surface area contributed by atoms with Crippen molar-refractivity contribution in [3.8, 4) is 0 Å². The lowest BCUT2D eigenvalue weighted by Crippen LogP contribution is -2.40. The average Bonchev–Trinajstić information content (AvgIpc) is 2.40. The lowest BCUT2D eigenvalue weighted by atomic mass is 9.99. The fraction of sp³-hybridized carbons (Fsp3) is 0.538. The van der Waals surface area contributed by atoms with Gasteiger partial charge in [0, 0.05) is 17.9 Å². The first-order valence-electron chi connectivity index (χ1n) is 6.44. The second-order valence-corrected chi connectivity index (χ2v) is 8.23. The number of halogens is 4. The zero-order valence-corrected chi connectivity index (χ0v) is 13.7. The van der Waals surface area contributed by atoms with Crippen molar-refractivity contribution in [1.29, 1.82) is 0 Å². The van der Waals surface area contributed by atoms with Crippen molar-refractivity contribution in [2.45, 2.75) is 28.6 Å². The Kier molecular flexibility index (Phi) is 4.58. The zero-order chi connectivity index (χ0) is 15.8. The number of para-hydroxylation sites is 1. The summed E-state index contributed by atoms with van der Waals surface area (Å²) >= 11 is 3.52. The molecule has 1 saturated heterocycles. The monoisotopic (exact) mass is 385 g/mol. The Morgan fingerprint density at radius 1 is 1.29 bits per heavy atom. The normalized spacial score (nSPS) is 24.1. The van der Waals surface area contributed by atoms with Gasteiger partial charge in [0.15, 0.2) is 0 Å². The minimum absolute atomic E-state index is 0.126. The third-order valence-corrected chi connectivity index (χ3v) is 6.49. The first-order valence-corrected chi connectivity index (χ1v) is 8.84. The first kappa shape index (κ1) is 16.6. The molecule has 2 atom stereocenters. The van der Waals surface area contributed by atoms with Crippen molar-refractivity contribution in [2.24, 2.45) is 5.92 Å². The van der Waals surface area contributed by atoms with E-state index < -0.39 is 20.2 Å². The number of hydrogen-bond donors (Lipinski definition) is 0. The van der Waals surface area contributed by atoms with E-state index in [-0.39, 0.29) is 11.6 Å². The smallest absolute Gasteiger partial charge is 0.370 e. The highest BCUT2D eigenvalue weighted by molar-refractivity contribution is 9.09. The summed E-state index contributed by atoms with van der Waals surface area (Å²) < 4.78 is 61.8. The van der Waals surface area contributed by atoms with E-state index >= 15 is 0 Å². The molecule has 2 rings (SSSR count). The van der Waals surface area contributed by atoms with Crippen molar-refractivity contribution in [2.75, 3.05) is 18.0 Å². The summed E-state index contributed by atoms with van der Waals surface area (Å²) in [6.45, 7) is 3.01. The second-order valence-electron chi connectivity index (χ2n) is 5.14. The highest BCUT2D eigenvalue weighted by Crippen LogP contribution is 2.37. The molecule has 0 radical (unpaired) electrons. The van der Waals surface area contributed by atoms with Crippen molar-refractivity contribution >= 4 is 31.5 Å². The fourth-order valence-electron chi connectivity index (χ4n) is 2.41. The maximum Gasteiger partial charge on any atom is 0.501 e. The van der Waals surface area contributed by atoms with Crippen LogP contribution in [0.5, 0.6) is 0 Å². The molecule has 0 saturated carbocycles. The van der Waals surface area contributed by atoms with Gasteiger partial charge >= 0.3 is 5.51 Å². The molecule has 0 aliphatic carbocycles. The highest BCUT2D eigenvalue weighted by atomic mass is 79.9. The van der Waals surface area contributed by atoms with Gasteiger partial charge in [-0.15, -0.1) is 0 Å². The quantitative estimate of drug-likeness (QED) is 0.730. The van der Waals surface area contributed by atoms with Crippen LogP contribution in [0.3, 0.4) is 0 Å². The van der Waals surface area contributed by atoms with Crippen LogP contribution in [0.2, 0.25) is 0 Å². The average molecular weight is 386 g/mol. The minimum Gasteiger partial charge on any atom is -0.370 e. The number of rotatable bonds is 2. The summed E-state index contributed by atoms with van der Waals surface area (Å²) in [6.07, 6.45) is 0.752. The summed E-state index contributed by atoms with van der Waals surface area (Å²) in [7, 11) is -5.34. The van der Waals surface area contributed by atoms with Gasteiger partial charge in [0.05, 0.1) is 10.6 Å². The molecule has 0 bridgehead atoms. The molecule has 1 aromatic carbocycles. The molecule has 8 heteroatoms. The van der Waals surface area contributed by atoms with Crippen LogP contribution in [0.4, 0.5) is 18.9 Å². The summed E-state index contributed by atoms with van der Waals surface area (Å²) in [4.78, 5) is 1.33. The van der Waals surface area contributed by atoms with Crippen molar-refractivity contribution in [1.82, 2.24) is 0 Å². The first-order chi connectivity index (χ1) is 9.64. The largest absolute Gasteiger partial charge is 0.501 e. The van der Waals surface area contributed by atoms with Crippen LogP contribution >= 0.6 is 15.9 Å². The molecule has 21 heavy (non-hydrogen) atoms. The number of anilines is 1. The predicted molar refractivity (Wildman–Crippen MR) is 78.4 cm³/mol. The van der Waals surface area contributed by atoms with Crippen LogP contribution < -0.4 is 4.90 Å². The Morgan fingerprint density at radius 2 is 1.90 bits per heavy atom. The van der Waals surface area contributed by atoms with Gasteiger partial charge in [-0.2, -0.15) is 13.2 Å². The van der Waals surface area contributed by atoms with Crippen LogP contribution in [-0.4, -0.2) is 31.8 Å². The molecule has 1 heterocycles. The molecular formula is C13H15BrF3NO2S. The summed E-state index contributed by atoms with van der Waals surface area (Å²) in [6, 6.07) is 5.31. The van der Waals surface area contributed by atoms with Crippen LogP contribution in [0.1, 0.15) is 13.3 Å². The molecule has 1 aromatic rings. The van der Waals surface area contributed by atoms with E-state index in [1.54, 1.807) is 11.0 Å². The Balaban J connectivity index is 2.44. The van der Waals surface area contributed by atoms with E-state index in [1.165, 1.54) is 12.1 Å². The Hall–Kier alpha value is -0.760. The lowest BCUT2D eigenvalue weighted by Gasteiger charge is -2.36. The minimum atomic E-state index is -5.34. The zero-order valence-electron chi connectivity index (χ0n) is 11.3. The summed E-state index contributed by atoms with van der Waals surface area (Å²) in [5.41, 5.74) is -5.16. The van der Waals surface area contributed by atoms with Crippen LogP contribution in [-0.2, 0) is 9.84 Å². The van der Waals surface area contributed by atoms with Gasteiger partial charge in [-0.25, -0.2) is 8.42 Å². The molecule has 0 spiro atoms. The van der Waals surface area contributed by atoms with E-state index in [9.17, 15) is 21.6 Å². The van der Waals surface area contributed by atoms with Crippen molar-refractivity contribution in [3.63, 3.8) is 0 Å². The Morgan fingerprint density at radius 3 is 2.48 bits per heavy atom. The third-order valence-electron chi connectivity index (χ3n) is 3.60. The van der Waals surface area contributed by atoms with E-state index in [4.69, 9.17) is 0 Å². The molecule has 1 aliphatic heterocycles. The van der Waals surface area contributed by atoms with Crippen LogP contribution in [0.15, 0.2) is 29.2 Å². The van der Waals surface area contributed by atoms with Gasteiger partial charge in [-0.05, 0) is 24.5 Å². The van der Waals surface area contributed by atoms with E-state index in [0.717, 1.165) is 12.5 Å². The molecular weight excluding hydrogens is 371 g/mol. The van der Waals surface area contributed by atoms with Gasteiger partial charge in [0.2, 0.25) is 0 Å². The molecule has 0 amide bonds. The molecule has 2 unspecified atom stereocenters. The predicted octanol–water partition coefficient (Wildman–Crippen LogP) is 3.59. The number of benzene rings is 1. The van der Waals surface area contributed by atoms with Crippen molar-refractivity contribution < 1.29 is 21.6 Å². The van der Waals surface area contributed by atoms with Crippen LogP contribution in [0, 0.1) is 5.92 Å². The summed E-state index contributed by atoms with van der Waals surface area (Å²) in [5, 5.41) is 0. The van der Waals surface area contributed by atoms with E-state index in [1.807, 2.05) is 6.92 Å². The number of piperidine rings is 1. The molecule has 1 fully saturated rings. The van der Waals surface area contributed by atoms with Gasteiger partial charge in [-0.3, -0.25) is 0 Å². The molecule has 3 nitrogen and oxygen atoms in total. The number of alkyl halides is 4. The SMILES string of the molecule is CC1CN(c2ccccc2S(=O)(=O)C(F)(F)F)CCC1Br. The maximum absolute atomic E-state index is 12.8. The number of sulfone groups is 1. The molecule has 118 valence electrons. The number of hydrogen-bond acceptors (Lipinski definition) is 3. The van der Waals surface area contributed by atoms with Crippen molar-refractivity contribution in [3.05, 3.63) is 24.3 Å². The highest BCUT2D eigenvalue weighted by Gasteiger charge is 2.48. The van der Waals surface area contributed by atoms with E-state index in [0.29, 0.717) is 17.9 Å². The fourth-order valence-corrected chi connectivity index (χ4v) is 3.76. The van der Waals surface area contributed by atoms with Gasteiger partial charge in [-0.1, -0.05) is 35.0 Å². The molecule has 0 N–H and O–H groups in total. The van der Waals surface area contributed by atoms with Gasteiger partial charge < -0.3 is 4.90 Å². The second kappa shape index (κ2) is 5.79. The standard InChI is InChI=1S/C13H15BrF3NO2S/c1-9-8-18(7-6-10(9)14)11-4-2-3-5-12(11)21(19,20)13(15,16)17/h2-5,9-10H,6-8H2,1H3. The van der Waals surface area contributed by atoms with Gasteiger partial charge in [0.25, 0.3) is 9.84 Å². The number of nitrogens with zero attached hydrogens (tertiary/aromatic N) is 1. The van der Waals surface area contributed by atoms with E-state index in [2.05, 4.69) is 15.9 Å². The Bertz CT molecular complexity index is 618. The van der Waals surface area contributed by atoms with Gasteiger partial charge in [0.1, 0.15) is 0 Å². The molecule has 1 aliphatic rings. The molecule has 0 aromatic heterocycles.